The van der Waals surface area contributed by atoms with Gasteiger partial charge in [0.15, 0.2) is 0 Å². The van der Waals surface area contributed by atoms with E-state index in [1.165, 1.54) is 7.11 Å². The number of phenols is 1. The highest BCUT2D eigenvalue weighted by Gasteiger charge is 2.29. The molecule has 0 aliphatic carbocycles. The van der Waals surface area contributed by atoms with E-state index in [0.717, 1.165) is 5.56 Å². The van der Waals surface area contributed by atoms with Crippen LogP contribution in [0.25, 0.3) is 0 Å². The van der Waals surface area contributed by atoms with Crippen LogP contribution >= 0.6 is 0 Å². The summed E-state index contributed by atoms with van der Waals surface area (Å²) in [5.41, 5.74) is 0.423. The molecule has 1 heterocycles. The first-order chi connectivity index (χ1) is 14.6. The number of likely N-dealkylation sites (tertiary alicyclic amines) is 1. The Morgan fingerprint density at radius 2 is 1.77 bits per heavy atom. The second-order valence-electron chi connectivity index (χ2n) is 8.96. The number of nitrogens with one attached hydrogen (secondary N) is 1. The highest BCUT2D eigenvalue weighted by atomic mass is 16.6. The zero-order chi connectivity index (χ0) is 23.0. The lowest BCUT2D eigenvalue weighted by Crippen LogP contribution is -2.44. The molecule has 1 atom stereocenters. The molecule has 2 rings (SSSR count). The molecule has 0 aromatic heterocycles. The number of hydrogen-bond donors (Lipinski definition) is 2. The van der Waals surface area contributed by atoms with Crippen molar-refractivity contribution < 1.29 is 29.0 Å². The summed E-state index contributed by atoms with van der Waals surface area (Å²) < 4.78 is 10.2. The molecule has 1 aliphatic rings. The van der Waals surface area contributed by atoms with Crippen LogP contribution in [0, 0.1) is 5.92 Å². The molecule has 0 unspecified atom stereocenters. The highest BCUT2D eigenvalue weighted by Crippen LogP contribution is 2.22. The first kappa shape index (κ1) is 24.5. The van der Waals surface area contributed by atoms with Crippen molar-refractivity contribution in [2.75, 3.05) is 20.2 Å². The number of hydrogen-bond acceptors (Lipinski definition) is 6. The van der Waals surface area contributed by atoms with E-state index in [9.17, 15) is 19.5 Å². The number of rotatable bonds is 7. The molecule has 1 aromatic rings. The van der Waals surface area contributed by atoms with E-state index >= 15 is 0 Å². The zero-order valence-corrected chi connectivity index (χ0v) is 18.8. The fraction of sp³-hybridized carbons (Fsp3) is 0.609. The van der Waals surface area contributed by atoms with Crippen molar-refractivity contribution in [1.82, 2.24) is 10.2 Å². The molecule has 0 radical (unpaired) electrons. The SMILES string of the molecule is COC(=O)[C@H](CCc1ccc(O)cc1)NC(=O)CC1CCN(C(=O)OC(C)(C)C)CC1. The van der Waals surface area contributed by atoms with Crippen LogP contribution in [0.5, 0.6) is 5.75 Å². The van der Waals surface area contributed by atoms with Crippen molar-refractivity contribution in [3.05, 3.63) is 29.8 Å². The second-order valence-corrected chi connectivity index (χ2v) is 8.96. The van der Waals surface area contributed by atoms with Gasteiger partial charge in [0.05, 0.1) is 7.11 Å². The Kier molecular flexibility index (Phi) is 8.71. The van der Waals surface area contributed by atoms with Crippen molar-refractivity contribution >= 4 is 18.0 Å². The summed E-state index contributed by atoms with van der Waals surface area (Å²) in [5, 5.41) is 12.2. The summed E-state index contributed by atoms with van der Waals surface area (Å²) in [6.07, 6.45) is 2.37. The van der Waals surface area contributed by atoms with Crippen molar-refractivity contribution in [2.45, 2.75) is 64.5 Å². The average Bonchev–Trinajstić information content (AvgIpc) is 2.71. The maximum atomic E-state index is 12.5. The molecule has 8 nitrogen and oxygen atoms in total. The molecule has 0 spiro atoms. The fourth-order valence-corrected chi connectivity index (χ4v) is 3.53. The fourth-order valence-electron chi connectivity index (χ4n) is 3.53. The van der Waals surface area contributed by atoms with Crippen molar-refractivity contribution in [1.29, 1.82) is 0 Å². The van der Waals surface area contributed by atoms with Crippen LogP contribution < -0.4 is 5.32 Å². The highest BCUT2D eigenvalue weighted by molar-refractivity contribution is 5.84. The first-order valence-corrected chi connectivity index (χ1v) is 10.7. The summed E-state index contributed by atoms with van der Waals surface area (Å²) in [4.78, 5) is 38.5. The maximum Gasteiger partial charge on any atom is 0.410 e. The van der Waals surface area contributed by atoms with Crippen LogP contribution in [-0.4, -0.2) is 59.8 Å². The largest absolute Gasteiger partial charge is 0.508 e. The van der Waals surface area contributed by atoms with Crippen LogP contribution in [0.15, 0.2) is 24.3 Å². The van der Waals surface area contributed by atoms with Crippen LogP contribution in [0.3, 0.4) is 0 Å². The number of esters is 1. The number of benzene rings is 1. The minimum absolute atomic E-state index is 0.147. The van der Waals surface area contributed by atoms with Crippen molar-refractivity contribution in [3.8, 4) is 5.75 Å². The van der Waals surface area contributed by atoms with E-state index < -0.39 is 17.6 Å². The monoisotopic (exact) mass is 434 g/mol. The van der Waals surface area contributed by atoms with Crippen molar-refractivity contribution in [3.63, 3.8) is 0 Å². The number of methoxy groups -OCH3 is 1. The number of carbonyl (C=O) groups is 3. The minimum Gasteiger partial charge on any atom is -0.508 e. The Bertz CT molecular complexity index is 748. The Morgan fingerprint density at radius 1 is 1.16 bits per heavy atom. The van der Waals surface area contributed by atoms with Gasteiger partial charge < -0.3 is 24.8 Å². The molecule has 2 amide bonds. The quantitative estimate of drug-likeness (QED) is 0.639. The molecular weight excluding hydrogens is 400 g/mol. The molecule has 0 saturated carbocycles. The summed E-state index contributed by atoms with van der Waals surface area (Å²) in [6.45, 7) is 6.60. The molecule has 1 fully saturated rings. The van der Waals surface area contributed by atoms with E-state index in [-0.39, 0.29) is 23.7 Å². The molecule has 2 N–H and O–H groups in total. The number of piperidine rings is 1. The minimum atomic E-state index is -0.729. The lowest BCUT2D eigenvalue weighted by Gasteiger charge is -2.33. The number of phenolic OH excluding ortho intramolecular Hbond substituents is 1. The second kappa shape index (κ2) is 11.0. The van der Waals surface area contributed by atoms with Crippen LogP contribution in [0.4, 0.5) is 4.79 Å². The van der Waals surface area contributed by atoms with Gasteiger partial charge in [0, 0.05) is 19.5 Å². The topological polar surface area (TPSA) is 105 Å². The van der Waals surface area contributed by atoms with Crippen molar-refractivity contribution in [2.24, 2.45) is 5.92 Å². The predicted octanol–water partition coefficient (Wildman–Crippen LogP) is 3.02. The van der Waals surface area contributed by atoms with Gasteiger partial charge in [-0.25, -0.2) is 9.59 Å². The van der Waals surface area contributed by atoms with Gasteiger partial charge in [0.1, 0.15) is 17.4 Å². The van der Waals surface area contributed by atoms with E-state index in [0.29, 0.717) is 45.2 Å². The van der Waals surface area contributed by atoms with E-state index in [2.05, 4.69) is 5.32 Å². The Labute approximate surface area is 183 Å². The Morgan fingerprint density at radius 3 is 2.32 bits per heavy atom. The van der Waals surface area contributed by atoms with E-state index in [4.69, 9.17) is 9.47 Å². The molecule has 1 aromatic carbocycles. The third kappa shape index (κ3) is 8.47. The summed E-state index contributed by atoms with van der Waals surface area (Å²) >= 11 is 0. The smallest absolute Gasteiger partial charge is 0.410 e. The number of nitrogens with zero attached hydrogens (tertiary/aromatic N) is 1. The molecule has 1 aliphatic heterocycles. The zero-order valence-electron chi connectivity index (χ0n) is 18.8. The third-order valence-electron chi connectivity index (χ3n) is 5.22. The molecule has 1 saturated heterocycles. The molecule has 31 heavy (non-hydrogen) atoms. The average molecular weight is 435 g/mol. The van der Waals surface area contributed by atoms with Gasteiger partial charge in [0.2, 0.25) is 5.91 Å². The Balaban J connectivity index is 1.81. The maximum absolute atomic E-state index is 12.5. The number of amides is 2. The van der Waals surface area contributed by atoms with Gasteiger partial charge in [-0.1, -0.05) is 12.1 Å². The van der Waals surface area contributed by atoms with Crippen LogP contribution in [0.1, 0.15) is 52.0 Å². The first-order valence-electron chi connectivity index (χ1n) is 10.7. The molecular formula is C23H34N2O6. The van der Waals surface area contributed by atoms with Gasteiger partial charge in [-0.3, -0.25) is 4.79 Å². The normalized spacial score (nSPS) is 15.8. The summed E-state index contributed by atoms with van der Waals surface area (Å²) in [6, 6.07) is 6.01. The van der Waals surface area contributed by atoms with Crippen LogP contribution in [-0.2, 0) is 25.5 Å². The predicted molar refractivity (Wildman–Crippen MR) is 116 cm³/mol. The standard InChI is InChI=1S/C23H34N2O6/c1-23(2,3)31-22(29)25-13-11-17(12-14-25)15-20(27)24-19(21(28)30-4)10-7-16-5-8-18(26)9-6-16/h5-6,8-9,17,19,26H,7,10-15H2,1-4H3,(H,24,27)/t19-/m0/s1. The lowest BCUT2D eigenvalue weighted by molar-refractivity contribution is -0.145. The summed E-state index contributed by atoms with van der Waals surface area (Å²) in [7, 11) is 1.30. The number of ether oxygens (including phenoxy) is 2. The lowest BCUT2D eigenvalue weighted by atomic mass is 9.93. The summed E-state index contributed by atoms with van der Waals surface area (Å²) in [5.74, 6) is -0.350. The van der Waals surface area contributed by atoms with Gasteiger partial charge in [-0.2, -0.15) is 0 Å². The number of aryl methyl sites for hydroxylation is 1. The van der Waals surface area contributed by atoms with Crippen LogP contribution in [0.2, 0.25) is 0 Å². The third-order valence-corrected chi connectivity index (χ3v) is 5.22. The van der Waals surface area contributed by atoms with Gasteiger partial charge in [-0.05, 0) is 70.1 Å². The molecule has 172 valence electrons. The number of aromatic hydroxyl groups is 1. The van der Waals surface area contributed by atoms with Gasteiger partial charge in [0.25, 0.3) is 0 Å². The Hall–Kier alpha value is -2.77. The van der Waals surface area contributed by atoms with E-state index in [1.807, 2.05) is 20.8 Å². The molecule has 0 bridgehead atoms. The number of carbonyl (C=O) groups excluding carboxylic acids is 3. The van der Waals surface area contributed by atoms with Gasteiger partial charge in [-0.15, -0.1) is 0 Å². The van der Waals surface area contributed by atoms with E-state index in [1.54, 1.807) is 29.2 Å². The van der Waals surface area contributed by atoms with Gasteiger partial charge >= 0.3 is 12.1 Å². The molecule has 8 heteroatoms.